The fraction of sp³-hybridized carbons (Fsp3) is 0.0833. The SMILES string of the molecule is Fc1cc(Br)ccc1-c1ccc([C@H]2[C@H](c3ccccn3)NC(=S)N2c2ccccc2F)o1. The van der Waals surface area contributed by atoms with Crippen molar-refractivity contribution >= 4 is 38.9 Å². The van der Waals surface area contributed by atoms with Crippen LogP contribution in [0.1, 0.15) is 23.5 Å². The highest BCUT2D eigenvalue weighted by Gasteiger charge is 2.43. The Morgan fingerprint density at radius 1 is 0.969 bits per heavy atom. The molecule has 2 aromatic heterocycles. The second-order valence-corrected chi connectivity index (χ2v) is 8.58. The van der Waals surface area contributed by atoms with Gasteiger partial charge in [-0.1, -0.05) is 34.1 Å². The summed E-state index contributed by atoms with van der Waals surface area (Å²) in [6.45, 7) is 0. The lowest BCUT2D eigenvalue weighted by molar-refractivity contribution is 0.436. The van der Waals surface area contributed by atoms with Crippen molar-refractivity contribution in [2.24, 2.45) is 0 Å². The molecule has 4 aromatic rings. The number of thiocarbonyl (C=S) groups is 1. The molecule has 1 saturated heterocycles. The Bertz CT molecular complexity index is 1300. The van der Waals surface area contributed by atoms with Crippen molar-refractivity contribution in [2.75, 3.05) is 4.90 Å². The van der Waals surface area contributed by atoms with Crippen molar-refractivity contribution in [1.82, 2.24) is 10.3 Å². The van der Waals surface area contributed by atoms with E-state index < -0.39 is 23.7 Å². The monoisotopic (exact) mass is 511 g/mol. The summed E-state index contributed by atoms with van der Waals surface area (Å²) in [6, 6.07) is 19.3. The number of pyridine rings is 1. The number of aromatic nitrogens is 1. The van der Waals surface area contributed by atoms with E-state index in [9.17, 15) is 8.78 Å². The second-order valence-electron chi connectivity index (χ2n) is 7.27. The summed E-state index contributed by atoms with van der Waals surface area (Å²) in [6.07, 6.45) is 1.69. The molecule has 1 aliphatic rings. The Morgan fingerprint density at radius 3 is 2.53 bits per heavy atom. The molecule has 0 amide bonds. The molecular formula is C24H16BrF2N3OS. The van der Waals surface area contributed by atoms with Gasteiger partial charge in [0, 0.05) is 10.7 Å². The number of hydrogen-bond acceptors (Lipinski definition) is 3. The van der Waals surface area contributed by atoms with Gasteiger partial charge in [0.2, 0.25) is 0 Å². The van der Waals surface area contributed by atoms with Crippen LogP contribution in [0.4, 0.5) is 14.5 Å². The molecule has 0 saturated carbocycles. The van der Waals surface area contributed by atoms with E-state index in [0.717, 1.165) is 5.69 Å². The third-order valence-electron chi connectivity index (χ3n) is 5.32. The summed E-state index contributed by atoms with van der Waals surface area (Å²) in [4.78, 5) is 6.15. The van der Waals surface area contributed by atoms with Crippen LogP contribution in [0.5, 0.6) is 0 Å². The third kappa shape index (κ3) is 3.69. The van der Waals surface area contributed by atoms with Crippen LogP contribution in [0.3, 0.4) is 0 Å². The van der Waals surface area contributed by atoms with Crippen LogP contribution in [0, 0.1) is 11.6 Å². The highest BCUT2D eigenvalue weighted by atomic mass is 79.9. The Labute approximate surface area is 197 Å². The minimum Gasteiger partial charge on any atom is -0.459 e. The molecule has 2 aromatic carbocycles. The van der Waals surface area contributed by atoms with Crippen LogP contribution in [0.15, 0.2) is 87.9 Å². The van der Waals surface area contributed by atoms with Gasteiger partial charge in [-0.15, -0.1) is 0 Å². The minimum absolute atomic E-state index is 0.321. The predicted octanol–water partition coefficient (Wildman–Crippen LogP) is 6.56. The standard InChI is InChI=1S/C24H16BrF2N3OS/c25-14-8-9-15(17(27)13-14)20-10-11-21(31-20)23-22(18-6-3-4-12-28-18)29-24(32)30(23)19-7-2-1-5-16(19)26/h1-13,22-23H,(H,29,32)/t22-,23-/m0/s1. The van der Waals surface area contributed by atoms with Crippen molar-refractivity contribution in [3.05, 3.63) is 107 Å². The zero-order valence-corrected chi connectivity index (χ0v) is 18.9. The zero-order chi connectivity index (χ0) is 22.2. The quantitative estimate of drug-likeness (QED) is 0.314. The molecule has 1 N–H and O–H groups in total. The molecular weight excluding hydrogens is 496 g/mol. The number of benzene rings is 2. The number of furan rings is 1. The minimum atomic E-state index is -0.526. The summed E-state index contributed by atoms with van der Waals surface area (Å²) >= 11 is 8.85. The molecule has 5 rings (SSSR count). The van der Waals surface area contributed by atoms with Crippen LogP contribution >= 0.6 is 28.1 Å². The molecule has 0 unspecified atom stereocenters. The molecule has 3 heterocycles. The highest BCUT2D eigenvalue weighted by molar-refractivity contribution is 9.10. The first kappa shape index (κ1) is 20.8. The molecule has 160 valence electrons. The van der Waals surface area contributed by atoms with Crippen molar-refractivity contribution < 1.29 is 13.2 Å². The van der Waals surface area contributed by atoms with E-state index >= 15 is 0 Å². The maximum Gasteiger partial charge on any atom is 0.174 e. The van der Waals surface area contributed by atoms with Crippen molar-refractivity contribution in [1.29, 1.82) is 0 Å². The van der Waals surface area contributed by atoms with Gasteiger partial charge in [-0.25, -0.2) is 8.78 Å². The number of halogens is 3. The Hall–Kier alpha value is -3.10. The van der Waals surface area contributed by atoms with E-state index in [-0.39, 0.29) is 0 Å². The van der Waals surface area contributed by atoms with Crippen molar-refractivity contribution in [3.8, 4) is 11.3 Å². The Balaban J connectivity index is 1.62. The normalized spacial score (nSPS) is 18.1. The van der Waals surface area contributed by atoms with Crippen LogP contribution in [-0.4, -0.2) is 10.1 Å². The van der Waals surface area contributed by atoms with E-state index in [1.165, 1.54) is 12.1 Å². The molecule has 4 nitrogen and oxygen atoms in total. The number of anilines is 1. The fourth-order valence-corrected chi connectivity index (χ4v) is 4.57. The summed E-state index contributed by atoms with van der Waals surface area (Å²) < 4.78 is 36.0. The van der Waals surface area contributed by atoms with E-state index in [4.69, 9.17) is 16.6 Å². The van der Waals surface area contributed by atoms with Gasteiger partial charge in [0.1, 0.15) is 29.2 Å². The second kappa shape index (κ2) is 8.44. The Kier molecular flexibility index (Phi) is 5.48. The summed E-state index contributed by atoms with van der Waals surface area (Å²) in [5.41, 5.74) is 1.38. The van der Waals surface area contributed by atoms with E-state index in [1.807, 2.05) is 18.2 Å². The maximum absolute atomic E-state index is 14.8. The van der Waals surface area contributed by atoms with Crippen LogP contribution < -0.4 is 10.2 Å². The maximum atomic E-state index is 14.8. The van der Waals surface area contributed by atoms with Crippen molar-refractivity contribution in [2.45, 2.75) is 12.1 Å². The van der Waals surface area contributed by atoms with Gasteiger partial charge in [0.25, 0.3) is 0 Å². The van der Waals surface area contributed by atoms with Gasteiger partial charge in [-0.05, 0) is 66.8 Å². The average Bonchev–Trinajstić information content (AvgIpc) is 3.39. The van der Waals surface area contributed by atoms with Crippen LogP contribution in [-0.2, 0) is 0 Å². The van der Waals surface area contributed by atoms with E-state index in [1.54, 1.807) is 53.6 Å². The molecule has 0 radical (unpaired) electrons. The summed E-state index contributed by atoms with van der Waals surface area (Å²) in [5.74, 6) is 0.0614. The van der Waals surface area contributed by atoms with Gasteiger partial charge in [-0.2, -0.15) is 0 Å². The lowest BCUT2D eigenvalue weighted by Crippen LogP contribution is -2.30. The first-order chi connectivity index (χ1) is 15.5. The van der Waals surface area contributed by atoms with Gasteiger partial charge in [0.05, 0.1) is 23.0 Å². The van der Waals surface area contributed by atoms with Gasteiger partial charge in [0.15, 0.2) is 5.11 Å². The largest absolute Gasteiger partial charge is 0.459 e. The van der Waals surface area contributed by atoms with Crippen molar-refractivity contribution in [3.63, 3.8) is 0 Å². The lowest BCUT2D eigenvalue weighted by Gasteiger charge is -2.26. The molecule has 8 heteroatoms. The number of hydrogen-bond donors (Lipinski definition) is 1. The summed E-state index contributed by atoms with van der Waals surface area (Å²) in [5, 5.41) is 3.60. The zero-order valence-electron chi connectivity index (χ0n) is 16.5. The third-order valence-corrected chi connectivity index (χ3v) is 6.13. The molecule has 0 bridgehead atoms. The molecule has 1 aliphatic heterocycles. The van der Waals surface area contributed by atoms with E-state index in [2.05, 4.69) is 26.2 Å². The number of nitrogens with zero attached hydrogens (tertiary/aromatic N) is 2. The first-order valence-electron chi connectivity index (χ1n) is 9.83. The predicted molar refractivity (Wildman–Crippen MR) is 126 cm³/mol. The first-order valence-corrected chi connectivity index (χ1v) is 11.0. The average molecular weight is 512 g/mol. The van der Waals surface area contributed by atoms with Gasteiger partial charge >= 0.3 is 0 Å². The molecule has 2 atom stereocenters. The molecule has 1 fully saturated rings. The Morgan fingerprint density at radius 2 is 1.78 bits per heavy atom. The lowest BCUT2D eigenvalue weighted by atomic mass is 10.0. The molecule has 32 heavy (non-hydrogen) atoms. The van der Waals surface area contributed by atoms with Crippen LogP contribution in [0.25, 0.3) is 11.3 Å². The number of para-hydroxylation sites is 1. The number of rotatable bonds is 4. The fourth-order valence-electron chi connectivity index (χ4n) is 3.90. The molecule has 0 aliphatic carbocycles. The molecule has 0 spiro atoms. The topological polar surface area (TPSA) is 41.3 Å². The van der Waals surface area contributed by atoms with E-state index in [0.29, 0.717) is 32.4 Å². The smallest absolute Gasteiger partial charge is 0.174 e. The summed E-state index contributed by atoms with van der Waals surface area (Å²) in [7, 11) is 0. The van der Waals surface area contributed by atoms with Gasteiger partial charge < -0.3 is 14.6 Å². The highest BCUT2D eigenvalue weighted by Crippen LogP contribution is 2.43. The van der Waals surface area contributed by atoms with Crippen LogP contribution in [0.2, 0.25) is 0 Å². The van der Waals surface area contributed by atoms with Gasteiger partial charge in [-0.3, -0.25) is 4.98 Å². The number of nitrogens with one attached hydrogen (secondary N) is 1.